The number of methoxy groups -OCH3 is 1. The maximum absolute atomic E-state index is 13.0. The molecule has 3 rings (SSSR count). The Bertz CT molecular complexity index is 823. The van der Waals surface area contributed by atoms with Crippen LogP contribution in [0.15, 0.2) is 18.2 Å². The van der Waals surface area contributed by atoms with Gasteiger partial charge in [-0.3, -0.25) is 9.69 Å². The van der Waals surface area contributed by atoms with Gasteiger partial charge in [-0.25, -0.2) is 8.42 Å². The number of ether oxygens (including phenoxy) is 2. The Labute approximate surface area is 173 Å². The molecule has 2 fully saturated rings. The van der Waals surface area contributed by atoms with E-state index in [1.807, 2.05) is 13.0 Å². The molecule has 0 spiro atoms. The first-order valence-electron chi connectivity index (χ1n) is 10.0. The molecule has 1 unspecified atom stereocenters. The molecule has 29 heavy (non-hydrogen) atoms. The van der Waals surface area contributed by atoms with Gasteiger partial charge in [0.05, 0.1) is 26.6 Å². The Morgan fingerprint density at radius 3 is 2.62 bits per heavy atom. The zero-order valence-corrected chi connectivity index (χ0v) is 18.3. The van der Waals surface area contributed by atoms with Crippen molar-refractivity contribution in [3.63, 3.8) is 0 Å². The van der Waals surface area contributed by atoms with Gasteiger partial charge < -0.3 is 14.4 Å². The maximum Gasteiger partial charge on any atom is 0.254 e. The van der Waals surface area contributed by atoms with E-state index in [0.717, 1.165) is 18.7 Å². The maximum atomic E-state index is 13.0. The predicted molar refractivity (Wildman–Crippen MR) is 111 cm³/mol. The Kier molecular flexibility index (Phi) is 7.15. The summed E-state index contributed by atoms with van der Waals surface area (Å²) < 4.78 is 37.0. The highest BCUT2D eigenvalue weighted by molar-refractivity contribution is 7.88. The molecule has 162 valence electrons. The van der Waals surface area contributed by atoms with E-state index < -0.39 is 10.0 Å². The first kappa shape index (κ1) is 22.0. The summed E-state index contributed by atoms with van der Waals surface area (Å²) in [6.07, 6.45) is 1.90. The molecule has 2 heterocycles. The monoisotopic (exact) mass is 425 g/mol. The van der Waals surface area contributed by atoms with Crippen LogP contribution in [0.1, 0.15) is 22.3 Å². The summed E-state index contributed by atoms with van der Waals surface area (Å²) in [5.74, 6) is 0.652. The standard InChI is InChI=1S/C20H31N3O5S/c1-16-14-18(27-2)4-5-19(16)20(24)22-7-6-17(15-22)23(29(3,25)26)9-8-21-10-12-28-13-11-21/h4-5,14,17H,6-13,15H2,1-3H3. The molecule has 1 amide bonds. The fourth-order valence-corrected chi connectivity index (χ4v) is 5.15. The van der Waals surface area contributed by atoms with Gasteiger partial charge >= 0.3 is 0 Å². The zero-order chi connectivity index (χ0) is 21.0. The highest BCUT2D eigenvalue weighted by Crippen LogP contribution is 2.23. The van der Waals surface area contributed by atoms with Gasteiger partial charge in [0.1, 0.15) is 5.75 Å². The first-order chi connectivity index (χ1) is 13.8. The summed E-state index contributed by atoms with van der Waals surface area (Å²) >= 11 is 0. The van der Waals surface area contributed by atoms with Crippen LogP contribution in [0.25, 0.3) is 0 Å². The lowest BCUT2D eigenvalue weighted by atomic mass is 10.1. The van der Waals surface area contributed by atoms with E-state index >= 15 is 0 Å². The number of amides is 1. The summed E-state index contributed by atoms with van der Waals surface area (Å²) in [6.45, 7) is 6.99. The summed E-state index contributed by atoms with van der Waals surface area (Å²) in [5, 5.41) is 0. The lowest BCUT2D eigenvalue weighted by Crippen LogP contribution is -2.47. The third-order valence-electron chi connectivity index (χ3n) is 5.69. The molecule has 0 aromatic heterocycles. The second-order valence-corrected chi connectivity index (χ2v) is 9.64. The number of aryl methyl sites for hydroxylation is 1. The van der Waals surface area contributed by atoms with E-state index in [1.165, 1.54) is 6.26 Å². The lowest BCUT2D eigenvalue weighted by molar-refractivity contribution is 0.0353. The average Bonchev–Trinajstić information content (AvgIpc) is 3.17. The van der Waals surface area contributed by atoms with Crippen LogP contribution in [0.5, 0.6) is 5.75 Å². The van der Waals surface area contributed by atoms with Crippen LogP contribution in [-0.4, -0.2) is 100 Å². The third kappa shape index (κ3) is 5.48. The molecule has 8 nitrogen and oxygen atoms in total. The van der Waals surface area contributed by atoms with Crippen molar-refractivity contribution in [2.45, 2.75) is 19.4 Å². The van der Waals surface area contributed by atoms with Crippen LogP contribution in [-0.2, 0) is 14.8 Å². The van der Waals surface area contributed by atoms with Gasteiger partial charge in [-0.15, -0.1) is 0 Å². The molecule has 0 N–H and O–H groups in total. The molecule has 9 heteroatoms. The second-order valence-electron chi connectivity index (χ2n) is 7.70. The topological polar surface area (TPSA) is 79.4 Å². The van der Waals surface area contributed by atoms with Crippen molar-refractivity contribution in [2.75, 3.05) is 65.8 Å². The highest BCUT2D eigenvalue weighted by Gasteiger charge is 2.35. The average molecular weight is 426 g/mol. The van der Waals surface area contributed by atoms with Crippen molar-refractivity contribution < 1.29 is 22.7 Å². The number of hydrogen-bond donors (Lipinski definition) is 0. The van der Waals surface area contributed by atoms with Gasteiger partial charge in [0.25, 0.3) is 5.91 Å². The molecule has 2 aliphatic rings. The molecule has 0 radical (unpaired) electrons. The number of rotatable bonds is 7. The van der Waals surface area contributed by atoms with Gasteiger partial charge in [-0.2, -0.15) is 4.31 Å². The summed E-state index contributed by atoms with van der Waals surface area (Å²) in [4.78, 5) is 17.0. The third-order valence-corrected chi connectivity index (χ3v) is 7.02. The van der Waals surface area contributed by atoms with Crippen LogP contribution < -0.4 is 4.74 Å². The molecular formula is C20H31N3O5S. The van der Waals surface area contributed by atoms with E-state index in [2.05, 4.69) is 4.90 Å². The SMILES string of the molecule is COc1ccc(C(=O)N2CCC(N(CCN3CCOCC3)S(C)(=O)=O)C2)c(C)c1. The molecule has 1 atom stereocenters. The Morgan fingerprint density at radius 2 is 2.00 bits per heavy atom. The number of nitrogens with zero attached hydrogens (tertiary/aromatic N) is 3. The van der Waals surface area contributed by atoms with Gasteiger partial charge in [0.2, 0.25) is 10.0 Å². The van der Waals surface area contributed by atoms with Gasteiger partial charge in [-0.1, -0.05) is 0 Å². The van der Waals surface area contributed by atoms with Crippen molar-refractivity contribution in [1.82, 2.24) is 14.1 Å². The summed E-state index contributed by atoms with van der Waals surface area (Å²) in [7, 11) is -1.76. The summed E-state index contributed by atoms with van der Waals surface area (Å²) in [5.41, 5.74) is 1.48. The van der Waals surface area contributed by atoms with E-state index in [0.29, 0.717) is 57.1 Å². The van der Waals surface area contributed by atoms with E-state index in [4.69, 9.17) is 9.47 Å². The molecule has 1 aromatic carbocycles. The Morgan fingerprint density at radius 1 is 1.28 bits per heavy atom. The van der Waals surface area contributed by atoms with Crippen molar-refractivity contribution >= 4 is 15.9 Å². The molecule has 2 aliphatic heterocycles. The van der Waals surface area contributed by atoms with Crippen LogP contribution in [0.3, 0.4) is 0 Å². The molecule has 2 saturated heterocycles. The smallest absolute Gasteiger partial charge is 0.254 e. The Hall–Kier alpha value is -1.68. The van der Waals surface area contributed by atoms with Gasteiger partial charge in [0, 0.05) is 50.9 Å². The normalized spacial score (nSPS) is 21.0. The Balaban J connectivity index is 1.65. The van der Waals surface area contributed by atoms with Crippen molar-refractivity contribution in [3.8, 4) is 5.75 Å². The van der Waals surface area contributed by atoms with Crippen LogP contribution in [0, 0.1) is 6.92 Å². The largest absolute Gasteiger partial charge is 0.497 e. The lowest BCUT2D eigenvalue weighted by Gasteiger charge is -2.31. The minimum absolute atomic E-state index is 0.0608. The number of carbonyl (C=O) groups excluding carboxylic acids is 1. The molecule has 0 bridgehead atoms. The van der Waals surface area contributed by atoms with E-state index in [1.54, 1.807) is 28.4 Å². The van der Waals surface area contributed by atoms with Crippen molar-refractivity contribution in [3.05, 3.63) is 29.3 Å². The number of carbonyl (C=O) groups is 1. The minimum atomic E-state index is -3.36. The number of benzene rings is 1. The van der Waals surface area contributed by atoms with Crippen LogP contribution >= 0.6 is 0 Å². The number of sulfonamides is 1. The fraction of sp³-hybridized carbons (Fsp3) is 0.650. The summed E-state index contributed by atoms with van der Waals surface area (Å²) in [6, 6.07) is 5.20. The number of hydrogen-bond acceptors (Lipinski definition) is 6. The molecule has 0 saturated carbocycles. The second kappa shape index (κ2) is 9.42. The minimum Gasteiger partial charge on any atom is -0.497 e. The van der Waals surface area contributed by atoms with Crippen molar-refractivity contribution in [2.24, 2.45) is 0 Å². The van der Waals surface area contributed by atoms with Crippen LogP contribution in [0.4, 0.5) is 0 Å². The number of likely N-dealkylation sites (tertiary alicyclic amines) is 1. The van der Waals surface area contributed by atoms with E-state index in [9.17, 15) is 13.2 Å². The fourth-order valence-electron chi connectivity index (χ4n) is 4.02. The molecule has 1 aromatic rings. The predicted octanol–water partition coefficient (Wildman–Crippen LogP) is 0.812. The van der Waals surface area contributed by atoms with Gasteiger partial charge in [0.15, 0.2) is 0 Å². The number of morpholine rings is 1. The first-order valence-corrected chi connectivity index (χ1v) is 11.9. The molecule has 0 aliphatic carbocycles. The van der Waals surface area contributed by atoms with E-state index in [-0.39, 0.29) is 11.9 Å². The van der Waals surface area contributed by atoms with Crippen molar-refractivity contribution in [1.29, 1.82) is 0 Å². The zero-order valence-electron chi connectivity index (χ0n) is 17.5. The highest BCUT2D eigenvalue weighted by atomic mass is 32.2. The molecular weight excluding hydrogens is 394 g/mol. The van der Waals surface area contributed by atoms with Crippen LogP contribution in [0.2, 0.25) is 0 Å². The van der Waals surface area contributed by atoms with Gasteiger partial charge in [-0.05, 0) is 37.1 Å². The quantitative estimate of drug-likeness (QED) is 0.643.